The number of carbonyl (C=O) groups excluding carboxylic acids is 1. The smallest absolute Gasteiger partial charge is 0.305 e. The Morgan fingerprint density at radius 2 is 1.91 bits per heavy atom. The summed E-state index contributed by atoms with van der Waals surface area (Å²) in [6, 6.07) is 10.8. The number of esters is 1. The highest BCUT2D eigenvalue weighted by Crippen LogP contribution is 2.37. The van der Waals surface area contributed by atoms with Crippen molar-refractivity contribution >= 4 is 5.97 Å². The summed E-state index contributed by atoms with van der Waals surface area (Å²) in [7, 11) is 0. The predicted octanol–water partition coefficient (Wildman–Crippen LogP) is 6.46. The molecule has 6 heteroatoms. The molecule has 1 saturated carbocycles. The Kier molecular flexibility index (Phi) is 12.5. The molecular weight excluding hydrogens is 406 g/mol. The van der Waals surface area contributed by atoms with Crippen molar-refractivity contribution in [3.05, 3.63) is 58.2 Å². The summed E-state index contributed by atoms with van der Waals surface area (Å²) in [6.07, 6.45) is 17.4. The van der Waals surface area contributed by atoms with Gasteiger partial charge in [0.15, 0.2) is 0 Å². The molecule has 0 N–H and O–H groups in total. The van der Waals surface area contributed by atoms with E-state index in [-0.39, 0.29) is 12.6 Å². The van der Waals surface area contributed by atoms with Crippen LogP contribution in [0.3, 0.4) is 0 Å². The minimum atomic E-state index is -0.871. The molecular formula is C26H39NO5. The first-order chi connectivity index (χ1) is 15.5. The van der Waals surface area contributed by atoms with Gasteiger partial charge in [0.05, 0.1) is 0 Å². The van der Waals surface area contributed by atoms with E-state index in [1.54, 1.807) is 0 Å². The molecule has 32 heavy (non-hydrogen) atoms. The third-order valence-electron chi connectivity index (χ3n) is 6.30. The average Bonchev–Trinajstić information content (AvgIpc) is 3.22. The molecule has 1 aromatic carbocycles. The average molecular weight is 446 g/mol. The van der Waals surface area contributed by atoms with Crippen LogP contribution in [-0.2, 0) is 20.8 Å². The highest BCUT2D eigenvalue weighted by Gasteiger charge is 2.25. The van der Waals surface area contributed by atoms with Crippen molar-refractivity contribution in [2.45, 2.75) is 90.1 Å². The van der Waals surface area contributed by atoms with Gasteiger partial charge in [-0.15, -0.1) is 10.1 Å². The highest BCUT2D eigenvalue weighted by molar-refractivity contribution is 5.69. The quantitative estimate of drug-likeness (QED) is 0.0959. The number of carbonyl (C=O) groups is 1. The molecule has 0 bridgehead atoms. The van der Waals surface area contributed by atoms with Gasteiger partial charge in [-0.3, -0.25) is 4.79 Å². The topological polar surface area (TPSA) is 78.7 Å². The highest BCUT2D eigenvalue weighted by atomic mass is 17.0. The van der Waals surface area contributed by atoms with Crippen LogP contribution in [0.5, 0.6) is 0 Å². The third kappa shape index (κ3) is 11.3. The van der Waals surface area contributed by atoms with E-state index in [0.29, 0.717) is 6.42 Å². The van der Waals surface area contributed by atoms with Crippen LogP contribution < -0.4 is 0 Å². The maximum atomic E-state index is 11.7. The Labute approximate surface area is 192 Å². The summed E-state index contributed by atoms with van der Waals surface area (Å²) in [4.78, 5) is 26.2. The maximum absolute atomic E-state index is 11.7. The van der Waals surface area contributed by atoms with E-state index >= 15 is 0 Å². The van der Waals surface area contributed by atoms with E-state index in [2.05, 4.69) is 47.3 Å². The van der Waals surface area contributed by atoms with Gasteiger partial charge >= 0.3 is 5.97 Å². The summed E-state index contributed by atoms with van der Waals surface area (Å²) in [5.74, 6) is 1.35. The number of hydrogen-bond acceptors (Lipinski definition) is 5. The molecule has 6 nitrogen and oxygen atoms in total. The number of rotatable bonds is 16. The summed E-state index contributed by atoms with van der Waals surface area (Å²) in [5.41, 5.74) is 1.45. The first-order valence-electron chi connectivity index (χ1n) is 12.2. The number of benzene rings is 1. The lowest BCUT2D eigenvalue weighted by atomic mass is 9.88. The van der Waals surface area contributed by atoms with Crippen molar-refractivity contribution in [3.8, 4) is 0 Å². The van der Waals surface area contributed by atoms with Gasteiger partial charge in [0.1, 0.15) is 12.7 Å². The van der Waals surface area contributed by atoms with Crippen molar-refractivity contribution in [1.29, 1.82) is 0 Å². The zero-order valence-electron chi connectivity index (χ0n) is 19.5. The largest absolute Gasteiger partial charge is 0.463 e. The predicted molar refractivity (Wildman–Crippen MR) is 126 cm³/mol. The number of unbranched alkanes of at least 4 members (excludes halogenated alkanes) is 3. The maximum Gasteiger partial charge on any atom is 0.305 e. The van der Waals surface area contributed by atoms with E-state index in [1.165, 1.54) is 63.9 Å². The standard InChI is InChI=1S/C26H39NO5/c1-22(32-27(29)30)21-31-26(28)20-11-3-2-9-16-24-18-12-19-25(24)17-10-5-8-15-23-13-6-4-7-14-23/h2,4,6-7,9,13-14,22,24-25H,3,5,8,10-12,15-21H2,1H3/b9-2-/t22?,24-,25?/m0/s1. The van der Waals surface area contributed by atoms with Crippen LogP contribution in [0.15, 0.2) is 42.5 Å². The van der Waals surface area contributed by atoms with E-state index in [0.717, 1.165) is 31.1 Å². The van der Waals surface area contributed by atoms with Gasteiger partial charge < -0.3 is 9.57 Å². The van der Waals surface area contributed by atoms with Gasteiger partial charge in [-0.1, -0.05) is 74.6 Å². The van der Waals surface area contributed by atoms with Crippen molar-refractivity contribution in [2.24, 2.45) is 11.8 Å². The number of nitrogens with zero attached hydrogens (tertiary/aromatic N) is 1. The number of allylic oxidation sites excluding steroid dienone is 2. The summed E-state index contributed by atoms with van der Waals surface area (Å²) in [5, 5.41) is 9.33. The van der Waals surface area contributed by atoms with Crippen LogP contribution in [-0.4, -0.2) is 23.8 Å². The number of hydrogen-bond donors (Lipinski definition) is 0. The van der Waals surface area contributed by atoms with Crippen molar-refractivity contribution in [1.82, 2.24) is 0 Å². The SMILES string of the molecule is CC(COC(=O)CCC/C=C\C[C@H]1CCCC1CCCCCc1ccccc1)O[N+](=O)[O-]. The molecule has 0 saturated heterocycles. The van der Waals surface area contributed by atoms with Crippen LogP contribution in [0.4, 0.5) is 0 Å². The van der Waals surface area contributed by atoms with E-state index < -0.39 is 11.2 Å². The minimum Gasteiger partial charge on any atom is -0.463 e. The Morgan fingerprint density at radius 3 is 2.69 bits per heavy atom. The van der Waals surface area contributed by atoms with E-state index in [4.69, 9.17) is 4.74 Å². The molecule has 0 spiro atoms. The van der Waals surface area contributed by atoms with Crippen LogP contribution in [0.2, 0.25) is 0 Å². The molecule has 0 aromatic heterocycles. The summed E-state index contributed by atoms with van der Waals surface area (Å²) >= 11 is 0. The molecule has 1 aliphatic rings. The van der Waals surface area contributed by atoms with E-state index in [1.807, 2.05) is 0 Å². The van der Waals surface area contributed by atoms with Crippen LogP contribution in [0.1, 0.15) is 83.1 Å². The van der Waals surface area contributed by atoms with Gasteiger partial charge in [-0.2, -0.15) is 0 Å². The molecule has 2 rings (SSSR count). The second kappa shape index (κ2) is 15.4. The zero-order valence-corrected chi connectivity index (χ0v) is 19.5. The lowest BCUT2D eigenvalue weighted by molar-refractivity contribution is -0.767. The molecule has 3 atom stereocenters. The fourth-order valence-electron chi connectivity index (χ4n) is 4.57. The Morgan fingerprint density at radius 1 is 1.12 bits per heavy atom. The molecule has 0 radical (unpaired) electrons. The molecule has 1 aliphatic carbocycles. The van der Waals surface area contributed by atoms with E-state index in [9.17, 15) is 14.9 Å². The second-order valence-corrected chi connectivity index (χ2v) is 8.96. The van der Waals surface area contributed by atoms with Gasteiger partial charge in [0.2, 0.25) is 0 Å². The number of aryl methyl sites for hydroxylation is 1. The molecule has 2 unspecified atom stereocenters. The van der Waals surface area contributed by atoms with Gasteiger partial charge in [0.25, 0.3) is 5.09 Å². The van der Waals surface area contributed by atoms with Crippen molar-refractivity contribution < 1.29 is 19.5 Å². The molecule has 0 aliphatic heterocycles. The third-order valence-corrected chi connectivity index (χ3v) is 6.30. The second-order valence-electron chi connectivity index (χ2n) is 8.96. The van der Waals surface area contributed by atoms with Gasteiger partial charge in [0, 0.05) is 6.42 Å². The lowest BCUT2D eigenvalue weighted by Crippen LogP contribution is -2.21. The van der Waals surface area contributed by atoms with Crippen LogP contribution in [0.25, 0.3) is 0 Å². The molecule has 0 amide bonds. The molecule has 1 aromatic rings. The first-order valence-corrected chi connectivity index (χ1v) is 12.2. The Hall–Kier alpha value is -2.37. The fraction of sp³-hybridized carbons (Fsp3) is 0.654. The van der Waals surface area contributed by atoms with Crippen LogP contribution in [0, 0.1) is 22.0 Å². The number of ether oxygens (including phenoxy) is 1. The molecule has 178 valence electrons. The monoisotopic (exact) mass is 445 g/mol. The van der Waals surface area contributed by atoms with Crippen LogP contribution >= 0.6 is 0 Å². The molecule has 0 heterocycles. The van der Waals surface area contributed by atoms with Gasteiger partial charge in [-0.25, -0.2) is 0 Å². The van der Waals surface area contributed by atoms with Crippen molar-refractivity contribution in [2.75, 3.05) is 6.61 Å². The normalized spacial score (nSPS) is 19.2. The zero-order chi connectivity index (χ0) is 23.0. The van der Waals surface area contributed by atoms with Gasteiger partial charge in [-0.05, 0) is 62.8 Å². The lowest BCUT2D eigenvalue weighted by Gasteiger charge is -2.18. The summed E-state index contributed by atoms with van der Waals surface area (Å²) in [6.45, 7) is 1.41. The van der Waals surface area contributed by atoms with Crippen molar-refractivity contribution in [3.63, 3.8) is 0 Å². The fourth-order valence-corrected chi connectivity index (χ4v) is 4.57. The minimum absolute atomic E-state index is 0.0923. The first kappa shape index (κ1) is 25.9. The Bertz CT molecular complexity index is 691. The summed E-state index contributed by atoms with van der Waals surface area (Å²) < 4.78 is 4.99. The molecule has 1 fully saturated rings. The Balaban J connectivity index is 1.50.